The van der Waals surface area contributed by atoms with Crippen molar-refractivity contribution in [1.82, 2.24) is 14.7 Å². The van der Waals surface area contributed by atoms with Gasteiger partial charge in [-0.3, -0.25) is 14.3 Å². The SMILES string of the molecule is Cc1nn(Cc2ccc(F)cc2)c2c1CCN(C(=O)CC1CC(C(=O)O)C1(C)C)C2. The summed E-state index contributed by atoms with van der Waals surface area (Å²) < 4.78 is 15.1. The van der Waals surface area contributed by atoms with Crippen LogP contribution in [0.25, 0.3) is 0 Å². The lowest BCUT2D eigenvalue weighted by molar-refractivity contribution is -0.162. The van der Waals surface area contributed by atoms with Crippen LogP contribution < -0.4 is 0 Å². The molecule has 1 amide bonds. The third kappa shape index (κ3) is 3.61. The number of amides is 1. The molecule has 0 saturated heterocycles. The van der Waals surface area contributed by atoms with E-state index in [1.54, 1.807) is 12.1 Å². The van der Waals surface area contributed by atoms with E-state index in [0.29, 0.717) is 32.5 Å². The first-order valence-electron chi connectivity index (χ1n) is 10.5. The van der Waals surface area contributed by atoms with Crippen molar-refractivity contribution < 1.29 is 19.1 Å². The molecular weight excluding hydrogens is 385 g/mol. The summed E-state index contributed by atoms with van der Waals surface area (Å²) in [6, 6.07) is 6.39. The summed E-state index contributed by atoms with van der Waals surface area (Å²) in [5.41, 5.74) is 3.80. The van der Waals surface area contributed by atoms with E-state index in [2.05, 4.69) is 5.10 Å². The van der Waals surface area contributed by atoms with Crippen LogP contribution in [0.5, 0.6) is 0 Å². The van der Waals surface area contributed by atoms with E-state index in [1.165, 1.54) is 17.7 Å². The van der Waals surface area contributed by atoms with Crippen molar-refractivity contribution in [3.63, 3.8) is 0 Å². The summed E-state index contributed by atoms with van der Waals surface area (Å²) in [4.78, 5) is 26.2. The lowest BCUT2D eigenvalue weighted by Gasteiger charge is -2.50. The van der Waals surface area contributed by atoms with Crippen molar-refractivity contribution in [3.8, 4) is 0 Å². The largest absolute Gasteiger partial charge is 0.481 e. The number of aromatic nitrogens is 2. The molecule has 1 aromatic heterocycles. The van der Waals surface area contributed by atoms with Crippen molar-refractivity contribution >= 4 is 11.9 Å². The van der Waals surface area contributed by atoms with Gasteiger partial charge in [-0.25, -0.2) is 4.39 Å². The smallest absolute Gasteiger partial charge is 0.307 e. The Hall–Kier alpha value is -2.70. The molecule has 0 spiro atoms. The molecule has 30 heavy (non-hydrogen) atoms. The standard InChI is InChI=1S/C23H28FN3O3/c1-14-18-8-9-26(21(28)11-16-10-19(22(29)30)23(16,2)3)13-20(18)27(25-14)12-15-4-6-17(24)7-5-15/h4-7,16,19H,8-13H2,1-3H3,(H,29,30). The Balaban J connectivity index is 1.46. The van der Waals surface area contributed by atoms with Gasteiger partial charge in [0.15, 0.2) is 0 Å². The minimum Gasteiger partial charge on any atom is -0.481 e. The first kappa shape index (κ1) is 20.6. The van der Waals surface area contributed by atoms with Crippen LogP contribution in [0.4, 0.5) is 4.39 Å². The number of aryl methyl sites for hydroxylation is 1. The molecule has 2 aliphatic rings. The summed E-state index contributed by atoms with van der Waals surface area (Å²) in [6.45, 7) is 7.58. The zero-order valence-electron chi connectivity index (χ0n) is 17.7. The summed E-state index contributed by atoms with van der Waals surface area (Å²) in [5, 5.41) is 14.0. The molecule has 1 aliphatic carbocycles. The van der Waals surface area contributed by atoms with Crippen molar-refractivity contribution in [1.29, 1.82) is 0 Å². The zero-order valence-corrected chi connectivity index (χ0v) is 17.7. The minimum absolute atomic E-state index is 0.0785. The maximum absolute atomic E-state index is 13.2. The fourth-order valence-electron chi connectivity index (χ4n) is 4.90. The van der Waals surface area contributed by atoms with E-state index in [1.807, 2.05) is 30.4 Å². The Kier molecular flexibility index (Phi) is 5.16. The number of aliphatic carboxylic acids is 1. The minimum atomic E-state index is -0.772. The molecule has 2 unspecified atom stereocenters. The number of halogens is 1. The number of carbonyl (C=O) groups is 2. The number of fused-ring (bicyclic) bond motifs is 1. The molecule has 0 bridgehead atoms. The number of hydrogen-bond acceptors (Lipinski definition) is 3. The van der Waals surface area contributed by atoms with E-state index in [9.17, 15) is 19.1 Å². The number of rotatable bonds is 5. The van der Waals surface area contributed by atoms with Crippen molar-refractivity contribution in [2.45, 2.75) is 53.1 Å². The van der Waals surface area contributed by atoms with Gasteiger partial charge in [0.2, 0.25) is 5.91 Å². The van der Waals surface area contributed by atoms with Gasteiger partial charge in [0, 0.05) is 13.0 Å². The van der Waals surface area contributed by atoms with Gasteiger partial charge in [-0.05, 0) is 54.4 Å². The zero-order chi connectivity index (χ0) is 21.6. The van der Waals surface area contributed by atoms with Crippen LogP contribution in [-0.2, 0) is 29.1 Å². The van der Waals surface area contributed by atoms with Crippen LogP contribution in [0.15, 0.2) is 24.3 Å². The van der Waals surface area contributed by atoms with Gasteiger partial charge in [0.25, 0.3) is 0 Å². The van der Waals surface area contributed by atoms with E-state index in [4.69, 9.17) is 0 Å². The van der Waals surface area contributed by atoms with Gasteiger partial charge in [-0.15, -0.1) is 0 Å². The molecule has 6 nitrogen and oxygen atoms in total. The average molecular weight is 413 g/mol. The average Bonchev–Trinajstić information content (AvgIpc) is 3.01. The van der Waals surface area contributed by atoms with Gasteiger partial charge < -0.3 is 10.0 Å². The van der Waals surface area contributed by atoms with Gasteiger partial charge in [0.05, 0.1) is 30.4 Å². The Morgan fingerprint density at radius 3 is 2.60 bits per heavy atom. The van der Waals surface area contributed by atoms with Gasteiger partial charge in [-0.1, -0.05) is 26.0 Å². The number of benzene rings is 1. The monoisotopic (exact) mass is 413 g/mol. The molecule has 2 atom stereocenters. The Labute approximate surface area is 175 Å². The molecule has 1 saturated carbocycles. The topological polar surface area (TPSA) is 75.4 Å². The maximum atomic E-state index is 13.2. The van der Waals surface area contributed by atoms with Crippen LogP contribution in [0, 0.1) is 30.0 Å². The predicted octanol–water partition coefficient (Wildman–Crippen LogP) is 3.40. The van der Waals surface area contributed by atoms with Gasteiger partial charge >= 0.3 is 5.97 Å². The fourth-order valence-corrected chi connectivity index (χ4v) is 4.90. The van der Waals surface area contributed by atoms with Crippen LogP contribution in [-0.4, -0.2) is 38.2 Å². The van der Waals surface area contributed by atoms with Gasteiger partial charge in [-0.2, -0.15) is 5.10 Å². The normalized spacial score (nSPS) is 22.3. The molecular formula is C23H28FN3O3. The third-order valence-electron chi connectivity index (χ3n) is 7.13. The van der Waals surface area contributed by atoms with Crippen LogP contribution in [0.2, 0.25) is 0 Å². The second kappa shape index (κ2) is 7.52. The highest BCUT2D eigenvalue weighted by Crippen LogP contribution is 2.53. The van der Waals surface area contributed by atoms with Gasteiger partial charge in [0.1, 0.15) is 5.82 Å². The number of hydrogen-bond donors (Lipinski definition) is 1. The molecule has 1 N–H and O–H groups in total. The molecule has 2 aromatic rings. The summed E-state index contributed by atoms with van der Waals surface area (Å²) >= 11 is 0. The van der Waals surface area contributed by atoms with Crippen molar-refractivity contribution in [3.05, 3.63) is 52.6 Å². The first-order valence-corrected chi connectivity index (χ1v) is 10.5. The van der Waals surface area contributed by atoms with E-state index in [-0.39, 0.29) is 29.0 Å². The maximum Gasteiger partial charge on any atom is 0.307 e. The molecule has 1 aromatic carbocycles. The summed E-state index contributed by atoms with van der Waals surface area (Å²) in [6.07, 6.45) is 1.72. The van der Waals surface area contributed by atoms with Crippen molar-refractivity contribution in [2.24, 2.45) is 17.3 Å². The van der Waals surface area contributed by atoms with Crippen LogP contribution in [0.1, 0.15) is 49.2 Å². The number of nitrogens with zero attached hydrogens (tertiary/aromatic N) is 3. The van der Waals surface area contributed by atoms with E-state index >= 15 is 0 Å². The second-order valence-corrected chi connectivity index (χ2v) is 9.21. The highest BCUT2D eigenvalue weighted by Gasteiger charge is 2.52. The summed E-state index contributed by atoms with van der Waals surface area (Å²) in [5.74, 6) is -1.24. The molecule has 1 aliphatic heterocycles. The molecule has 1 fully saturated rings. The Morgan fingerprint density at radius 2 is 1.97 bits per heavy atom. The Bertz CT molecular complexity index is 980. The lowest BCUT2D eigenvalue weighted by atomic mass is 9.54. The fraction of sp³-hybridized carbons (Fsp3) is 0.522. The second-order valence-electron chi connectivity index (χ2n) is 9.21. The Morgan fingerprint density at radius 1 is 1.27 bits per heavy atom. The first-order chi connectivity index (χ1) is 14.2. The molecule has 7 heteroatoms. The van der Waals surface area contributed by atoms with Crippen molar-refractivity contribution in [2.75, 3.05) is 6.54 Å². The third-order valence-corrected chi connectivity index (χ3v) is 7.13. The predicted molar refractivity (Wildman–Crippen MR) is 109 cm³/mol. The number of carbonyl (C=O) groups excluding carboxylic acids is 1. The van der Waals surface area contributed by atoms with Crippen LogP contribution >= 0.6 is 0 Å². The molecule has 2 heterocycles. The summed E-state index contributed by atoms with van der Waals surface area (Å²) in [7, 11) is 0. The quantitative estimate of drug-likeness (QED) is 0.815. The molecule has 160 valence electrons. The lowest BCUT2D eigenvalue weighted by Crippen LogP contribution is -2.51. The van der Waals surface area contributed by atoms with Crippen LogP contribution in [0.3, 0.4) is 0 Å². The molecule has 0 radical (unpaired) electrons. The highest BCUT2D eigenvalue weighted by molar-refractivity contribution is 5.78. The number of carboxylic acids is 1. The van der Waals surface area contributed by atoms with E-state index < -0.39 is 5.97 Å². The van der Waals surface area contributed by atoms with E-state index in [0.717, 1.165) is 23.4 Å². The number of carboxylic acid groups (broad SMARTS) is 1. The molecule has 4 rings (SSSR count). The highest BCUT2D eigenvalue weighted by atomic mass is 19.1.